The first kappa shape index (κ1) is 19.0. The number of nitrogens with one attached hydrogen (secondary N) is 1. The molecule has 1 aromatic carbocycles. The zero-order chi connectivity index (χ0) is 15.5. The molecule has 0 amide bonds. The number of nitrogens with two attached hydrogens (primary N) is 1. The molecular formula is C17H28BrClN2. The average molecular weight is 376 g/mol. The van der Waals surface area contributed by atoms with Gasteiger partial charge in [-0.05, 0) is 24.1 Å². The Morgan fingerprint density at radius 3 is 2.29 bits per heavy atom. The van der Waals surface area contributed by atoms with Crippen LogP contribution in [0, 0.1) is 0 Å². The average Bonchev–Trinajstić information content (AvgIpc) is 2.47. The summed E-state index contributed by atoms with van der Waals surface area (Å²) in [6.45, 7) is 2.26. The molecule has 1 rings (SSSR count). The van der Waals surface area contributed by atoms with Crippen molar-refractivity contribution in [2.24, 2.45) is 5.84 Å². The zero-order valence-electron chi connectivity index (χ0n) is 13.0. The van der Waals surface area contributed by atoms with E-state index in [9.17, 15) is 0 Å². The number of hydrogen-bond donors (Lipinski definition) is 2. The smallest absolute Gasteiger partial charge is 0.0474 e. The second-order valence-corrected chi connectivity index (χ2v) is 6.97. The molecule has 0 aliphatic rings. The fourth-order valence-corrected chi connectivity index (χ4v) is 3.40. The monoisotopic (exact) mass is 374 g/mol. The molecule has 21 heavy (non-hydrogen) atoms. The van der Waals surface area contributed by atoms with Gasteiger partial charge in [-0.15, -0.1) is 0 Å². The van der Waals surface area contributed by atoms with Crippen molar-refractivity contribution in [2.75, 3.05) is 0 Å². The lowest BCUT2D eigenvalue weighted by Gasteiger charge is -2.17. The van der Waals surface area contributed by atoms with Gasteiger partial charge < -0.3 is 0 Å². The first-order valence-corrected chi connectivity index (χ1v) is 9.27. The van der Waals surface area contributed by atoms with Crippen molar-refractivity contribution in [1.82, 2.24) is 5.43 Å². The second kappa shape index (κ2) is 11.5. The normalized spacial score (nSPS) is 12.6. The second-order valence-electron chi connectivity index (χ2n) is 5.65. The fraction of sp³-hybridized carbons (Fsp3) is 0.647. The van der Waals surface area contributed by atoms with Crippen molar-refractivity contribution in [2.45, 2.75) is 70.8 Å². The van der Waals surface area contributed by atoms with Crippen LogP contribution >= 0.6 is 27.5 Å². The molecule has 1 aromatic rings. The van der Waals surface area contributed by atoms with E-state index in [1.165, 1.54) is 51.4 Å². The number of hydrazine groups is 1. The van der Waals surface area contributed by atoms with Crippen LogP contribution in [-0.2, 0) is 0 Å². The molecule has 0 radical (unpaired) electrons. The summed E-state index contributed by atoms with van der Waals surface area (Å²) in [5.74, 6) is 5.69. The molecule has 0 aliphatic heterocycles. The van der Waals surface area contributed by atoms with Crippen molar-refractivity contribution in [1.29, 1.82) is 0 Å². The Bertz CT molecular complexity index is 398. The topological polar surface area (TPSA) is 38.0 Å². The maximum atomic E-state index is 6.29. The van der Waals surface area contributed by atoms with Crippen LogP contribution in [0.2, 0.25) is 5.02 Å². The molecule has 0 aliphatic carbocycles. The van der Waals surface area contributed by atoms with Gasteiger partial charge in [0.15, 0.2) is 0 Å². The molecular weight excluding hydrogens is 348 g/mol. The lowest BCUT2D eigenvalue weighted by atomic mass is 10.00. The molecule has 0 saturated carbocycles. The van der Waals surface area contributed by atoms with Gasteiger partial charge >= 0.3 is 0 Å². The predicted octanol–water partition coefficient (Wildman–Crippen LogP) is 6.14. The van der Waals surface area contributed by atoms with Gasteiger partial charge in [-0.2, -0.15) is 0 Å². The van der Waals surface area contributed by atoms with E-state index >= 15 is 0 Å². The van der Waals surface area contributed by atoms with Crippen molar-refractivity contribution in [3.05, 3.63) is 33.3 Å². The minimum atomic E-state index is 0.144. The maximum Gasteiger partial charge on any atom is 0.0474 e. The molecule has 120 valence electrons. The number of rotatable bonds is 11. The van der Waals surface area contributed by atoms with Gasteiger partial charge in [0.25, 0.3) is 0 Å². The largest absolute Gasteiger partial charge is 0.271 e. The molecule has 4 heteroatoms. The van der Waals surface area contributed by atoms with Gasteiger partial charge in [0.1, 0.15) is 0 Å². The summed E-state index contributed by atoms with van der Waals surface area (Å²) >= 11 is 9.72. The Balaban J connectivity index is 2.25. The third-order valence-corrected chi connectivity index (χ3v) is 4.71. The van der Waals surface area contributed by atoms with Gasteiger partial charge in [-0.3, -0.25) is 11.3 Å². The highest BCUT2D eigenvalue weighted by Gasteiger charge is 2.13. The summed E-state index contributed by atoms with van der Waals surface area (Å²) in [7, 11) is 0. The third-order valence-electron chi connectivity index (χ3n) is 3.89. The minimum absolute atomic E-state index is 0.144. The highest BCUT2D eigenvalue weighted by Crippen LogP contribution is 2.29. The van der Waals surface area contributed by atoms with Gasteiger partial charge in [-0.25, -0.2) is 0 Å². The highest BCUT2D eigenvalue weighted by atomic mass is 79.9. The van der Waals surface area contributed by atoms with Crippen LogP contribution in [0.5, 0.6) is 0 Å². The number of hydrogen-bond acceptors (Lipinski definition) is 2. The van der Waals surface area contributed by atoms with Crippen LogP contribution in [0.25, 0.3) is 0 Å². The Morgan fingerprint density at radius 1 is 1.10 bits per heavy atom. The summed E-state index contributed by atoms with van der Waals surface area (Å²) in [5.41, 5.74) is 3.99. The van der Waals surface area contributed by atoms with Crippen LogP contribution < -0.4 is 11.3 Å². The van der Waals surface area contributed by atoms with Crippen LogP contribution in [-0.4, -0.2) is 0 Å². The predicted molar refractivity (Wildman–Crippen MR) is 96.4 cm³/mol. The van der Waals surface area contributed by atoms with Crippen LogP contribution in [0.3, 0.4) is 0 Å². The lowest BCUT2D eigenvalue weighted by Crippen LogP contribution is -2.28. The first-order valence-electron chi connectivity index (χ1n) is 8.10. The quantitative estimate of drug-likeness (QED) is 0.277. The van der Waals surface area contributed by atoms with Gasteiger partial charge in [0.05, 0.1) is 0 Å². The molecule has 3 N–H and O–H groups in total. The number of unbranched alkanes of at least 4 members (excludes halogenated alkanes) is 7. The summed E-state index contributed by atoms with van der Waals surface area (Å²) in [6.07, 6.45) is 11.6. The Hall–Kier alpha value is -0.0900. The van der Waals surface area contributed by atoms with E-state index in [0.29, 0.717) is 0 Å². The van der Waals surface area contributed by atoms with Gasteiger partial charge in [-0.1, -0.05) is 91.9 Å². The highest BCUT2D eigenvalue weighted by molar-refractivity contribution is 9.10. The SMILES string of the molecule is CCCCCCCCCCC(NN)c1ccc(Br)cc1Cl. The number of halogens is 2. The standard InChI is InChI=1S/C17H28BrClN2/c1-2-3-4-5-6-7-8-9-10-17(21-20)15-12-11-14(18)13-16(15)19/h11-13,17,21H,2-10,20H2,1H3. The Labute approximate surface area is 142 Å². The van der Waals surface area contributed by atoms with Crippen molar-refractivity contribution >= 4 is 27.5 Å². The van der Waals surface area contributed by atoms with Gasteiger partial charge in [0.2, 0.25) is 0 Å². The molecule has 1 atom stereocenters. The summed E-state index contributed by atoms with van der Waals surface area (Å²) in [5, 5.41) is 0.770. The molecule has 1 unspecified atom stereocenters. The molecule has 0 fully saturated rings. The van der Waals surface area contributed by atoms with Crippen molar-refractivity contribution < 1.29 is 0 Å². The zero-order valence-corrected chi connectivity index (χ0v) is 15.3. The third kappa shape index (κ3) is 7.64. The van der Waals surface area contributed by atoms with Crippen molar-refractivity contribution in [3.8, 4) is 0 Å². The van der Waals surface area contributed by atoms with E-state index in [2.05, 4.69) is 28.3 Å². The van der Waals surface area contributed by atoms with E-state index in [1.807, 2.05) is 18.2 Å². The van der Waals surface area contributed by atoms with E-state index in [-0.39, 0.29) is 6.04 Å². The van der Waals surface area contributed by atoms with E-state index in [1.54, 1.807) is 0 Å². The van der Waals surface area contributed by atoms with Crippen LogP contribution in [0.4, 0.5) is 0 Å². The summed E-state index contributed by atoms with van der Waals surface area (Å²) in [4.78, 5) is 0. The van der Waals surface area contributed by atoms with E-state index < -0.39 is 0 Å². The van der Waals surface area contributed by atoms with Crippen LogP contribution in [0.15, 0.2) is 22.7 Å². The molecule has 0 heterocycles. The minimum Gasteiger partial charge on any atom is -0.271 e. The Kier molecular flexibility index (Phi) is 10.4. The molecule has 0 bridgehead atoms. The van der Waals surface area contributed by atoms with Crippen molar-refractivity contribution in [3.63, 3.8) is 0 Å². The first-order chi connectivity index (χ1) is 10.2. The van der Waals surface area contributed by atoms with Crippen LogP contribution in [0.1, 0.15) is 76.3 Å². The lowest BCUT2D eigenvalue weighted by molar-refractivity contribution is 0.475. The summed E-state index contributed by atoms with van der Waals surface area (Å²) in [6, 6.07) is 6.13. The van der Waals surface area contributed by atoms with E-state index in [0.717, 1.165) is 21.5 Å². The molecule has 0 saturated heterocycles. The molecule has 2 nitrogen and oxygen atoms in total. The Morgan fingerprint density at radius 2 is 1.71 bits per heavy atom. The van der Waals surface area contributed by atoms with E-state index in [4.69, 9.17) is 17.4 Å². The molecule has 0 aromatic heterocycles. The fourth-order valence-electron chi connectivity index (χ4n) is 2.60. The number of benzene rings is 1. The summed E-state index contributed by atoms with van der Waals surface area (Å²) < 4.78 is 0.999. The maximum absolute atomic E-state index is 6.29. The molecule has 0 spiro atoms. The van der Waals surface area contributed by atoms with Gasteiger partial charge in [0, 0.05) is 15.5 Å².